The SMILES string of the molecule is C=C(C)c1ccc(/C(=C/C=C\CC)C(OC)OC)c(C=O)c1. The van der Waals surface area contributed by atoms with Gasteiger partial charge in [0, 0.05) is 25.4 Å². The molecule has 22 heavy (non-hydrogen) atoms. The van der Waals surface area contributed by atoms with Crippen LogP contribution in [-0.4, -0.2) is 26.8 Å². The topological polar surface area (TPSA) is 35.5 Å². The maximum absolute atomic E-state index is 11.5. The number of carbonyl (C=O) groups excluding carboxylic acids is 1. The lowest BCUT2D eigenvalue weighted by molar-refractivity contribution is -0.0590. The first-order valence-corrected chi connectivity index (χ1v) is 7.26. The number of ether oxygens (including phenoxy) is 2. The highest BCUT2D eigenvalue weighted by Gasteiger charge is 2.17. The van der Waals surface area contributed by atoms with E-state index >= 15 is 0 Å². The molecule has 0 fully saturated rings. The number of methoxy groups -OCH3 is 2. The standard InChI is InChI=1S/C19H24O3/c1-6-7-8-9-18(19(21-4)22-5)17-11-10-15(14(2)3)12-16(17)13-20/h7-13,19H,2,6H2,1,3-5H3/b8-7-,18-9-. The molecule has 0 N–H and O–H groups in total. The minimum atomic E-state index is -0.532. The van der Waals surface area contributed by atoms with Gasteiger partial charge in [-0.2, -0.15) is 0 Å². The van der Waals surface area contributed by atoms with Crippen LogP contribution in [0.4, 0.5) is 0 Å². The smallest absolute Gasteiger partial charge is 0.183 e. The average molecular weight is 300 g/mol. The Bertz CT molecular complexity index is 578. The average Bonchev–Trinajstić information content (AvgIpc) is 2.53. The summed E-state index contributed by atoms with van der Waals surface area (Å²) in [5.74, 6) is 0. The summed E-state index contributed by atoms with van der Waals surface area (Å²) >= 11 is 0. The molecule has 0 radical (unpaired) electrons. The third-order valence-corrected chi connectivity index (χ3v) is 3.31. The first-order valence-electron chi connectivity index (χ1n) is 7.26. The van der Waals surface area contributed by atoms with Crippen molar-refractivity contribution in [2.75, 3.05) is 14.2 Å². The van der Waals surface area contributed by atoms with Gasteiger partial charge in [-0.3, -0.25) is 4.79 Å². The Morgan fingerprint density at radius 3 is 2.50 bits per heavy atom. The third-order valence-electron chi connectivity index (χ3n) is 3.31. The highest BCUT2D eigenvalue weighted by Crippen LogP contribution is 2.26. The van der Waals surface area contributed by atoms with Crippen molar-refractivity contribution in [3.63, 3.8) is 0 Å². The van der Waals surface area contributed by atoms with Crippen LogP contribution in [-0.2, 0) is 9.47 Å². The van der Waals surface area contributed by atoms with Gasteiger partial charge in [0.1, 0.15) is 0 Å². The van der Waals surface area contributed by atoms with E-state index in [0.29, 0.717) is 5.56 Å². The van der Waals surface area contributed by atoms with Gasteiger partial charge in [0.25, 0.3) is 0 Å². The fourth-order valence-electron chi connectivity index (χ4n) is 2.14. The quantitative estimate of drug-likeness (QED) is 0.403. The lowest BCUT2D eigenvalue weighted by atomic mass is 9.95. The van der Waals surface area contributed by atoms with Crippen LogP contribution >= 0.6 is 0 Å². The lowest BCUT2D eigenvalue weighted by Gasteiger charge is -2.19. The summed E-state index contributed by atoms with van der Waals surface area (Å²) in [6, 6.07) is 5.69. The first kappa shape index (κ1) is 18.1. The van der Waals surface area contributed by atoms with Crippen LogP contribution in [0, 0.1) is 0 Å². The van der Waals surface area contributed by atoms with Crippen LogP contribution in [0.3, 0.4) is 0 Å². The summed E-state index contributed by atoms with van der Waals surface area (Å²) < 4.78 is 10.7. The number of carbonyl (C=O) groups is 1. The zero-order valence-electron chi connectivity index (χ0n) is 13.8. The van der Waals surface area contributed by atoms with Gasteiger partial charge in [-0.1, -0.05) is 49.4 Å². The van der Waals surface area contributed by atoms with Crippen molar-refractivity contribution in [3.8, 4) is 0 Å². The molecule has 0 aliphatic heterocycles. The Balaban J connectivity index is 3.41. The Morgan fingerprint density at radius 2 is 2.00 bits per heavy atom. The fraction of sp³-hybridized carbons (Fsp3) is 0.316. The molecule has 0 bridgehead atoms. The van der Waals surface area contributed by atoms with E-state index < -0.39 is 6.29 Å². The summed E-state index contributed by atoms with van der Waals surface area (Å²) in [5, 5.41) is 0. The minimum absolute atomic E-state index is 0.532. The van der Waals surface area contributed by atoms with Crippen LogP contribution in [0.2, 0.25) is 0 Å². The fourth-order valence-corrected chi connectivity index (χ4v) is 2.14. The second-order valence-electron chi connectivity index (χ2n) is 4.96. The zero-order chi connectivity index (χ0) is 16.5. The molecule has 3 heteroatoms. The molecule has 118 valence electrons. The predicted octanol–water partition coefficient (Wildman–Crippen LogP) is 4.50. The van der Waals surface area contributed by atoms with Gasteiger partial charge in [-0.05, 0) is 30.5 Å². The molecule has 0 aromatic heterocycles. The Labute approximate surface area is 132 Å². The minimum Gasteiger partial charge on any atom is -0.352 e. The highest BCUT2D eigenvalue weighted by atomic mass is 16.7. The highest BCUT2D eigenvalue weighted by molar-refractivity contribution is 5.88. The van der Waals surface area contributed by atoms with E-state index in [1.165, 1.54) is 0 Å². The molecule has 1 aromatic carbocycles. The van der Waals surface area contributed by atoms with Crippen molar-refractivity contribution < 1.29 is 14.3 Å². The summed E-state index contributed by atoms with van der Waals surface area (Å²) in [4.78, 5) is 11.5. The molecular weight excluding hydrogens is 276 g/mol. The molecule has 0 heterocycles. The molecule has 3 nitrogen and oxygen atoms in total. The Morgan fingerprint density at radius 1 is 1.32 bits per heavy atom. The van der Waals surface area contributed by atoms with Crippen LogP contribution < -0.4 is 0 Å². The van der Waals surface area contributed by atoms with Gasteiger partial charge in [0.2, 0.25) is 0 Å². The molecule has 0 unspecified atom stereocenters. The number of hydrogen-bond donors (Lipinski definition) is 0. The maximum atomic E-state index is 11.5. The van der Waals surface area contributed by atoms with Crippen molar-refractivity contribution in [1.29, 1.82) is 0 Å². The van der Waals surface area contributed by atoms with Crippen LogP contribution in [0.25, 0.3) is 11.1 Å². The van der Waals surface area contributed by atoms with Gasteiger partial charge in [0.15, 0.2) is 12.6 Å². The van der Waals surface area contributed by atoms with Crippen LogP contribution in [0.5, 0.6) is 0 Å². The van der Waals surface area contributed by atoms with E-state index in [-0.39, 0.29) is 0 Å². The zero-order valence-corrected chi connectivity index (χ0v) is 13.8. The van der Waals surface area contributed by atoms with Gasteiger partial charge in [-0.15, -0.1) is 0 Å². The molecule has 0 saturated heterocycles. The van der Waals surface area contributed by atoms with E-state index in [1.807, 2.05) is 43.4 Å². The molecule has 1 aromatic rings. The largest absolute Gasteiger partial charge is 0.352 e. The second kappa shape index (κ2) is 9.13. The molecule has 1 rings (SSSR count). The maximum Gasteiger partial charge on any atom is 0.183 e. The molecule has 0 spiro atoms. The van der Waals surface area contributed by atoms with Crippen molar-refractivity contribution in [3.05, 3.63) is 59.7 Å². The number of hydrogen-bond acceptors (Lipinski definition) is 3. The molecule has 0 atom stereocenters. The van der Waals surface area contributed by atoms with Crippen LogP contribution in [0.1, 0.15) is 41.8 Å². The van der Waals surface area contributed by atoms with Crippen molar-refractivity contribution in [2.24, 2.45) is 0 Å². The first-order chi connectivity index (χ1) is 10.6. The van der Waals surface area contributed by atoms with Crippen LogP contribution in [0.15, 0.2) is 43.0 Å². The van der Waals surface area contributed by atoms with Crippen molar-refractivity contribution in [1.82, 2.24) is 0 Å². The summed E-state index contributed by atoms with van der Waals surface area (Å²) in [6.45, 7) is 7.89. The summed E-state index contributed by atoms with van der Waals surface area (Å²) in [7, 11) is 3.16. The number of aldehydes is 1. The van der Waals surface area contributed by atoms with E-state index in [4.69, 9.17) is 9.47 Å². The van der Waals surface area contributed by atoms with Gasteiger partial charge in [0.05, 0.1) is 0 Å². The monoisotopic (exact) mass is 300 g/mol. The van der Waals surface area contributed by atoms with Crippen molar-refractivity contribution in [2.45, 2.75) is 26.6 Å². The molecule has 0 saturated carbocycles. The second-order valence-corrected chi connectivity index (χ2v) is 4.96. The van der Waals surface area contributed by atoms with E-state index in [2.05, 4.69) is 13.5 Å². The van der Waals surface area contributed by atoms with Crippen molar-refractivity contribution >= 4 is 17.4 Å². The summed E-state index contributed by atoms with van der Waals surface area (Å²) in [5.41, 5.74) is 4.07. The normalized spacial score (nSPS) is 12.1. The number of allylic oxidation sites excluding steroid dienone is 4. The number of benzene rings is 1. The third kappa shape index (κ3) is 4.52. The van der Waals surface area contributed by atoms with E-state index in [1.54, 1.807) is 14.2 Å². The van der Waals surface area contributed by atoms with Gasteiger partial charge < -0.3 is 9.47 Å². The van der Waals surface area contributed by atoms with Gasteiger partial charge >= 0.3 is 0 Å². The molecule has 0 aliphatic carbocycles. The predicted molar refractivity (Wildman–Crippen MR) is 91.8 cm³/mol. The van der Waals surface area contributed by atoms with E-state index in [9.17, 15) is 4.79 Å². The van der Waals surface area contributed by atoms with E-state index in [0.717, 1.165) is 35.0 Å². The van der Waals surface area contributed by atoms with Gasteiger partial charge in [-0.25, -0.2) is 0 Å². The molecule has 0 aliphatic rings. The lowest BCUT2D eigenvalue weighted by Crippen LogP contribution is -2.16. The Kier molecular flexibility index (Phi) is 7.50. The number of rotatable bonds is 8. The summed E-state index contributed by atoms with van der Waals surface area (Å²) in [6.07, 6.45) is 7.15. The Hall–Kier alpha value is -1.97. The molecular formula is C19H24O3. The molecule has 0 amide bonds.